The number of ether oxygens (including phenoxy) is 4. The lowest BCUT2D eigenvalue weighted by Gasteiger charge is -2.12. The number of epoxide rings is 2. The quantitative estimate of drug-likeness (QED) is 0.411. The molecule has 2 rings (SSSR count). The molecule has 0 aliphatic carbocycles. The Hall–Kier alpha value is -0.160. The standard InChI is InChI=1S/C7H12O4/c1-8-7(6-4-10-6)11-3-5-2-9-5/h5-7H,2-4H2,1H3. The van der Waals surface area contributed by atoms with Crippen LogP contribution in [0.25, 0.3) is 0 Å². The number of rotatable bonds is 5. The molecular formula is C7H12O4. The van der Waals surface area contributed by atoms with Gasteiger partial charge in [-0.05, 0) is 0 Å². The van der Waals surface area contributed by atoms with Gasteiger partial charge in [-0.1, -0.05) is 0 Å². The minimum atomic E-state index is -0.195. The second-order valence-electron chi connectivity index (χ2n) is 2.76. The molecule has 0 spiro atoms. The van der Waals surface area contributed by atoms with Crippen LogP contribution < -0.4 is 0 Å². The van der Waals surface area contributed by atoms with Crippen molar-refractivity contribution in [3.05, 3.63) is 0 Å². The molecule has 0 radical (unpaired) electrons. The Morgan fingerprint density at radius 1 is 1.45 bits per heavy atom. The van der Waals surface area contributed by atoms with E-state index in [1.807, 2.05) is 0 Å². The first-order chi connectivity index (χ1) is 5.40. The summed E-state index contributed by atoms with van der Waals surface area (Å²) >= 11 is 0. The molecule has 0 aromatic rings. The third-order valence-electron chi connectivity index (χ3n) is 1.74. The van der Waals surface area contributed by atoms with Crippen LogP contribution in [0.4, 0.5) is 0 Å². The van der Waals surface area contributed by atoms with Gasteiger partial charge < -0.3 is 18.9 Å². The SMILES string of the molecule is COC(OCC1CO1)C1CO1. The average Bonchev–Trinajstić information content (AvgIpc) is 2.85. The largest absolute Gasteiger partial charge is 0.371 e. The molecule has 2 saturated heterocycles. The highest BCUT2D eigenvalue weighted by Gasteiger charge is 2.35. The van der Waals surface area contributed by atoms with E-state index in [9.17, 15) is 0 Å². The number of hydrogen-bond acceptors (Lipinski definition) is 4. The maximum absolute atomic E-state index is 5.37. The monoisotopic (exact) mass is 160 g/mol. The maximum atomic E-state index is 5.37. The summed E-state index contributed by atoms with van der Waals surface area (Å²) in [6.07, 6.45) is 0.254. The van der Waals surface area contributed by atoms with Crippen LogP contribution in [0.2, 0.25) is 0 Å². The summed E-state index contributed by atoms with van der Waals surface area (Å²) in [5, 5.41) is 0. The summed E-state index contributed by atoms with van der Waals surface area (Å²) in [7, 11) is 1.63. The van der Waals surface area contributed by atoms with Crippen LogP contribution in [0.1, 0.15) is 0 Å². The van der Waals surface area contributed by atoms with Crippen LogP contribution in [-0.4, -0.2) is 45.4 Å². The number of hydrogen-bond donors (Lipinski definition) is 0. The highest BCUT2D eigenvalue weighted by atomic mass is 16.7. The van der Waals surface area contributed by atoms with E-state index in [4.69, 9.17) is 18.9 Å². The van der Waals surface area contributed by atoms with Gasteiger partial charge in [0, 0.05) is 7.11 Å². The second-order valence-corrected chi connectivity index (χ2v) is 2.76. The van der Waals surface area contributed by atoms with Gasteiger partial charge in [-0.3, -0.25) is 0 Å². The fourth-order valence-electron chi connectivity index (χ4n) is 0.906. The highest BCUT2D eigenvalue weighted by Crippen LogP contribution is 2.19. The Morgan fingerprint density at radius 3 is 2.64 bits per heavy atom. The van der Waals surface area contributed by atoms with E-state index >= 15 is 0 Å². The van der Waals surface area contributed by atoms with Crippen molar-refractivity contribution < 1.29 is 18.9 Å². The predicted molar refractivity (Wildman–Crippen MR) is 36.2 cm³/mol. The zero-order chi connectivity index (χ0) is 7.68. The van der Waals surface area contributed by atoms with E-state index in [1.54, 1.807) is 7.11 Å². The minimum absolute atomic E-state index is 0.152. The molecule has 0 aromatic heterocycles. The number of methoxy groups -OCH3 is 1. The van der Waals surface area contributed by atoms with Gasteiger partial charge in [0.1, 0.15) is 12.2 Å². The molecule has 2 aliphatic heterocycles. The van der Waals surface area contributed by atoms with Crippen molar-refractivity contribution in [3.8, 4) is 0 Å². The molecule has 2 aliphatic rings. The van der Waals surface area contributed by atoms with Gasteiger partial charge >= 0.3 is 0 Å². The van der Waals surface area contributed by atoms with Crippen molar-refractivity contribution in [1.29, 1.82) is 0 Å². The zero-order valence-electron chi connectivity index (χ0n) is 6.49. The van der Waals surface area contributed by atoms with E-state index in [1.165, 1.54) is 0 Å². The minimum Gasteiger partial charge on any atom is -0.371 e. The van der Waals surface area contributed by atoms with Gasteiger partial charge in [-0.2, -0.15) is 0 Å². The Morgan fingerprint density at radius 2 is 2.18 bits per heavy atom. The lowest BCUT2D eigenvalue weighted by molar-refractivity contribution is -0.138. The fourth-order valence-corrected chi connectivity index (χ4v) is 0.906. The molecular weight excluding hydrogens is 148 g/mol. The van der Waals surface area contributed by atoms with Gasteiger partial charge in [-0.15, -0.1) is 0 Å². The molecule has 3 atom stereocenters. The Kier molecular flexibility index (Phi) is 2.09. The normalized spacial score (nSPS) is 36.8. The molecule has 0 bridgehead atoms. The zero-order valence-corrected chi connectivity index (χ0v) is 6.49. The lowest BCUT2D eigenvalue weighted by atomic mass is 10.4. The summed E-state index contributed by atoms with van der Waals surface area (Å²) < 4.78 is 20.4. The van der Waals surface area contributed by atoms with Gasteiger partial charge in [0.25, 0.3) is 0 Å². The lowest BCUT2D eigenvalue weighted by Crippen LogP contribution is -2.23. The molecule has 4 nitrogen and oxygen atoms in total. The van der Waals surface area contributed by atoms with Crippen LogP contribution in [0.5, 0.6) is 0 Å². The molecule has 3 unspecified atom stereocenters. The summed E-state index contributed by atoms with van der Waals surface area (Å²) in [6.45, 7) is 2.20. The molecule has 0 aromatic carbocycles. The van der Waals surface area contributed by atoms with E-state index in [0.29, 0.717) is 12.7 Å². The van der Waals surface area contributed by atoms with Crippen LogP contribution in [0.15, 0.2) is 0 Å². The first kappa shape index (κ1) is 7.49. The Labute approximate surface area is 65.4 Å². The topological polar surface area (TPSA) is 43.5 Å². The molecule has 2 heterocycles. The van der Waals surface area contributed by atoms with E-state index in [0.717, 1.165) is 13.2 Å². The Bertz CT molecular complexity index is 130. The second kappa shape index (κ2) is 3.06. The van der Waals surface area contributed by atoms with E-state index in [-0.39, 0.29) is 12.4 Å². The average molecular weight is 160 g/mol. The molecule has 64 valence electrons. The van der Waals surface area contributed by atoms with Crippen LogP contribution >= 0.6 is 0 Å². The first-order valence-electron chi connectivity index (χ1n) is 3.78. The van der Waals surface area contributed by atoms with Crippen LogP contribution in [-0.2, 0) is 18.9 Å². The molecule has 0 N–H and O–H groups in total. The Balaban J connectivity index is 1.63. The fraction of sp³-hybridized carbons (Fsp3) is 1.00. The smallest absolute Gasteiger partial charge is 0.185 e. The van der Waals surface area contributed by atoms with Gasteiger partial charge in [0.15, 0.2) is 6.29 Å². The summed E-state index contributed by atoms with van der Waals surface area (Å²) in [5.41, 5.74) is 0. The van der Waals surface area contributed by atoms with Crippen molar-refractivity contribution in [2.24, 2.45) is 0 Å². The third-order valence-corrected chi connectivity index (χ3v) is 1.74. The molecule has 4 heteroatoms. The molecule has 0 amide bonds. The van der Waals surface area contributed by atoms with E-state index in [2.05, 4.69) is 0 Å². The summed E-state index contributed by atoms with van der Waals surface area (Å²) in [4.78, 5) is 0. The maximum Gasteiger partial charge on any atom is 0.185 e. The van der Waals surface area contributed by atoms with Crippen molar-refractivity contribution in [2.75, 3.05) is 26.9 Å². The third kappa shape index (κ3) is 2.13. The molecule has 0 saturated carbocycles. The van der Waals surface area contributed by atoms with Gasteiger partial charge in [-0.25, -0.2) is 0 Å². The van der Waals surface area contributed by atoms with Crippen molar-refractivity contribution >= 4 is 0 Å². The highest BCUT2D eigenvalue weighted by molar-refractivity contribution is 4.75. The van der Waals surface area contributed by atoms with Crippen molar-refractivity contribution in [1.82, 2.24) is 0 Å². The molecule has 2 fully saturated rings. The van der Waals surface area contributed by atoms with Gasteiger partial charge in [0.05, 0.1) is 19.8 Å². The van der Waals surface area contributed by atoms with Crippen molar-refractivity contribution in [3.63, 3.8) is 0 Å². The predicted octanol–water partition coefficient (Wildman–Crippen LogP) is -0.227. The van der Waals surface area contributed by atoms with Crippen LogP contribution in [0, 0.1) is 0 Å². The first-order valence-corrected chi connectivity index (χ1v) is 3.78. The summed E-state index contributed by atoms with van der Waals surface area (Å²) in [5.74, 6) is 0. The van der Waals surface area contributed by atoms with E-state index < -0.39 is 0 Å². The summed E-state index contributed by atoms with van der Waals surface area (Å²) in [6, 6.07) is 0. The molecule has 11 heavy (non-hydrogen) atoms. The van der Waals surface area contributed by atoms with Crippen molar-refractivity contribution in [2.45, 2.75) is 18.5 Å². The van der Waals surface area contributed by atoms with Gasteiger partial charge in [0.2, 0.25) is 0 Å². The van der Waals surface area contributed by atoms with Crippen LogP contribution in [0.3, 0.4) is 0 Å².